The van der Waals surface area contributed by atoms with Crippen LogP contribution in [0.1, 0.15) is 42.5 Å². The minimum Gasteiger partial charge on any atom is -0.493 e. The van der Waals surface area contributed by atoms with E-state index in [-0.39, 0.29) is 23.9 Å². The van der Waals surface area contributed by atoms with Crippen LogP contribution in [0.4, 0.5) is 5.69 Å². The Balaban J connectivity index is 0.00000261. The molecule has 1 amide bonds. The molecule has 27 heavy (non-hydrogen) atoms. The molecule has 150 valence electrons. The van der Waals surface area contributed by atoms with Crippen molar-refractivity contribution < 1.29 is 23.8 Å². The molecule has 0 radical (unpaired) electrons. The highest BCUT2D eigenvalue weighted by molar-refractivity contribution is 6.02. The quantitative estimate of drug-likeness (QED) is 0.716. The highest BCUT2D eigenvalue weighted by atomic mass is 35.5. The van der Waals surface area contributed by atoms with Crippen LogP contribution in [0.25, 0.3) is 0 Å². The number of hydrogen-bond donors (Lipinski definition) is 2. The fourth-order valence-electron chi connectivity index (χ4n) is 4.07. The van der Waals surface area contributed by atoms with Crippen LogP contribution >= 0.6 is 12.4 Å². The van der Waals surface area contributed by atoms with E-state index in [1.54, 1.807) is 6.07 Å². The fourth-order valence-corrected chi connectivity index (χ4v) is 4.07. The van der Waals surface area contributed by atoms with E-state index < -0.39 is 5.97 Å². The molecule has 2 heterocycles. The smallest absolute Gasteiger partial charge is 0.340 e. The van der Waals surface area contributed by atoms with Gasteiger partial charge in [-0.2, -0.15) is 0 Å². The molecule has 2 aliphatic heterocycles. The lowest BCUT2D eigenvalue weighted by Gasteiger charge is -2.28. The minimum absolute atomic E-state index is 0. The molecule has 1 aromatic carbocycles. The molecule has 2 N–H and O–H groups in total. The molecule has 2 atom stereocenters. The molecule has 2 unspecified atom stereocenters. The molecule has 7 nitrogen and oxygen atoms in total. The molecule has 2 saturated heterocycles. The van der Waals surface area contributed by atoms with Gasteiger partial charge in [0.05, 0.1) is 32.6 Å². The van der Waals surface area contributed by atoms with Crippen LogP contribution in [-0.4, -0.2) is 45.3 Å². The second-order valence-electron chi connectivity index (χ2n) is 6.97. The average molecular weight is 399 g/mol. The molecule has 8 heteroatoms. The van der Waals surface area contributed by atoms with Crippen molar-refractivity contribution in [3.05, 3.63) is 17.7 Å². The van der Waals surface area contributed by atoms with Gasteiger partial charge in [-0.25, -0.2) is 4.79 Å². The van der Waals surface area contributed by atoms with Gasteiger partial charge in [-0.15, -0.1) is 12.4 Å². The number of anilines is 1. The van der Waals surface area contributed by atoms with E-state index >= 15 is 0 Å². The Hall–Kier alpha value is -1.99. The summed E-state index contributed by atoms with van der Waals surface area (Å²) in [6, 6.07) is 4.19. The standard InChI is InChI=1S/C19H26N2O5.ClH/c1-24-16-9-14(19(23)26-3)15(10-17(16)25-2)21-18(22)8-11-6-12-4-5-13(7-11)20-12;/h9-13,20H,4-8H2,1-3H3,(H,21,22);1H. The minimum atomic E-state index is -0.541. The number of carbonyl (C=O) groups excluding carboxylic acids is 2. The van der Waals surface area contributed by atoms with E-state index in [2.05, 4.69) is 10.6 Å². The van der Waals surface area contributed by atoms with Crippen molar-refractivity contribution in [3.8, 4) is 11.5 Å². The molecular formula is C19H27ClN2O5. The van der Waals surface area contributed by atoms with Crippen molar-refractivity contribution in [2.75, 3.05) is 26.6 Å². The van der Waals surface area contributed by atoms with Crippen LogP contribution in [0.5, 0.6) is 11.5 Å². The summed E-state index contributed by atoms with van der Waals surface area (Å²) in [6.07, 6.45) is 4.90. The molecule has 0 aliphatic carbocycles. The lowest BCUT2D eigenvalue weighted by atomic mass is 9.89. The molecule has 0 aromatic heterocycles. The van der Waals surface area contributed by atoms with Gasteiger partial charge >= 0.3 is 5.97 Å². The van der Waals surface area contributed by atoms with Gasteiger partial charge in [0.15, 0.2) is 11.5 Å². The molecule has 1 aromatic rings. The van der Waals surface area contributed by atoms with E-state index in [0.717, 1.165) is 12.8 Å². The van der Waals surface area contributed by atoms with E-state index in [1.165, 1.54) is 40.2 Å². The van der Waals surface area contributed by atoms with E-state index in [1.807, 2.05) is 0 Å². The van der Waals surface area contributed by atoms with Crippen molar-refractivity contribution in [2.45, 2.75) is 44.2 Å². The normalized spacial score (nSPS) is 23.1. The van der Waals surface area contributed by atoms with Crippen molar-refractivity contribution in [3.63, 3.8) is 0 Å². The summed E-state index contributed by atoms with van der Waals surface area (Å²) in [5.74, 6) is 0.571. The molecule has 0 spiro atoms. The van der Waals surface area contributed by atoms with Crippen molar-refractivity contribution in [1.29, 1.82) is 0 Å². The first-order chi connectivity index (χ1) is 12.5. The topological polar surface area (TPSA) is 85.9 Å². The molecule has 2 fully saturated rings. The maximum Gasteiger partial charge on any atom is 0.340 e. The molecule has 2 bridgehead atoms. The summed E-state index contributed by atoms with van der Waals surface area (Å²) in [7, 11) is 4.30. The maximum absolute atomic E-state index is 12.6. The summed E-state index contributed by atoms with van der Waals surface area (Å²) in [5.41, 5.74) is 0.611. The van der Waals surface area contributed by atoms with E-state index in [4.69, 9.17) is 14.2 Å². The van der Waals surface area contributed by atoms with Gasteiger partial charge in [0.25, 0.3) is 0 Å². The van der Waals surface area contributed by atoms with Gasteiger partial charge in [0, 0.05) is 30.6 Å². The lowest BCUT2D eigenvalue weighted by molar-refractivity contribution is -0.117. The lowest BCUT2D eigenvalue weighted by Crippen LogP contribution is -2.39. The van der Waals surface area contributed by atoms with Crippen molar-refractivity contribution in [2.24, 2.45) is 5.92 Å². The highest BCUT2D eigenvalue weighted by Gasteiger charge is 2.34. The number of halogens is 1. The first-order valence-electron chi connectivity index (χ1n) is 8.94. The van der Waals surface area contributed by atoms with Gasteiger partial charge < -0.3 is 24.8 Å². The number of methoxy groups -OCH3 is 3. The third-order valence-electron chi connectivity index (χ3n) is 5.25. The monoisotopic (exact) mass is 398 g/mol. The number of ether oxygens (including phenoxy) is 3. The second-order valence-corrected chi connectivity index (χ2v) is 6.97. The number of nitrogens with one attached hydrogen (secondary N) is 2. The summed E-state index contributed by atoms with van der Waals surface area (Å²) in [5, 5.41) is 6.43. The Morgan fingerprint density at radius 3 is 2.22 bits per heavy atom. The fraction of sp³-hybridized carbons (Fsp3) is 0.579. The maximum atomic E-state index is 12.6. The number of fused-ring (bicyclic) bond motifs is 2. The number of esters is 1. The van der Waals surface area contributed by atoms with Crippen LogP contribution in [0, 0.1) is 5.92 Å². The zero-order chi connectivity index (χ0) is 18.7. The van der Waals surface area contributed by atoms with Crippen LogP contribution in [-0.2, 0) is 9.53 Å². The Labute approximate surface area is 165 Å². The van der Waals surface area contributed by atoms with Gasteiger partial charge in [-0.3, -0.25) is 4.79 Å². The summed E-state index contributed by atoms with van der Waals surface area (Å²) < 4.78 is 15.3. The zero-order valence-electron chi connectivity index (χ0n) is 15.9. The predicted octanol–water partition coefficient (Wildman–Crippen LogP) is 2.77. The number of carbonyl (C=O) groups is 2. The summed E-state index contributed by atoms with van der Waals surface area (Å²) in [6.45, 7) is 0. The SMILES string of the molecule is COC(=O)c1cc(OC)c(OC)cc1NC(=O)CC1CC2CCC(C1)N2.Cl. The van der Waals surface area contributed by atoms with Crippen LogP contribution < -0.4 is 20.1 Å². The third-order valence-corrected chi connectivity index (χ3v) is 5.25. The molecule has 2 aliphatic rings. The Kier molecular flexibility index (Phi) is 7.33. The highest BCUT2D eigenvalue weighted by Crippen LogP contribution is 2.35. The number of amides is 1. The van der Waals surface area contributed by atoms with Crippen LogP contribution in [0.2, 0.25) is 0 Å². The average Bonchev–Trinajstić information content (AvgIpc) is 2.98. The number of hydrogen-bond acceptors (Lipinski definition) is 6. The largest absolute Gasteiger partial charge is 0.493 e. The van der Waals surface area contributed by atoms with Gasteiger partial charge in [0.1, 0.15) is 0 Å². The van der Waals surface area contributed by atoms with Crippen molar-refractivity contribution >= 4 is 30.0 Å². The Morgan fingerprint density at radius 1 is 1.07 bits per heavy atom. The summed E-state index contributed by atoms with van der Waals surface area (Å²) >= 11 is 0. The zero-order valence-corrected chi connectivity index (χ0v) is 16.7. The molecule has 3 rings (SSSR count). The van der Waals surface area contributed by atoms with Crippen LogP contribution in [0.3, 0.4) is 0 Å². The summed E-state index contributed by atoms with van der Waals surface area (Å²) in [4.78, 5) is 24.7. The van der Waals surface area contributed by atoms with Gasteiger partial charge in [0.2, 0.25) is 5.91 Å². The number of piperidine rings is 1. The van der Waals surface area contributed by atoms with Crippen molar-refractivity contribution in [1.82, 2.24) is 5.32 Å². The Morgan fingerprint density at radius 2 is 1.67 bits per heavy atom. The molecule has 0 saturated carbocycles. The van der Waals surface area contributed by atoms with Gasteiger partial charge in [-0.05, 0) is 31.6 Å². The van der Waals surface area contributed by atoms with Gasteiger partial charge in [-0.1, -0.05) is 0 Å². The third kappa shape index (κ3) is 4.84. The van der Waals surface area contributed by atoms with E-state index in [0.29, 0.717) is 41.6 Å². The molecular weight excluding hydrogens is 372 g/mol. The number of benzene rings is 1. The first kappa shape index (κ1) is 21.3. The number of rotatable bonds is 6. The Bertz CT molecular complexity index is 685. The second kappa shape index (κ2) is 9.28. The first-order valence-corrected chi connectivity index (χ1v) is 8.94. The predicted molar refractivity (Wildman–Crippen MR) is 104 cm³/mol. The van der Waals surface area contributed by atoms with Crippen LogP contribution in [0.15, 0.2) is 12.1 Å². The van der Waals surface area contributed by atoms with E-state index in [9.17, 15) is 9.59 Å².